The summed E-state index contributed by atoms with van der Waals surface area (Å²) in [5.41, 5.74) is 0.667. The lowest BCUT2D eigenvalue weighted by Gasteiger charge is -2.28. The van der Waals surface area contributed by atoms with Crippen LogP contribution in [0.2, 0.25) is 0 Å². The lowest BCUT2D eigenvalue weighted by Crippen LogP contribution is -2.38. The van der Waals surface area contributed by atoms with Gasteiger partial charge in [0.1, 0.15) is 5.82 Å². The first-order valence-corrected chi connectivity index (χ1v) is 5.68. The van der Waals surface area contributed by atoms with E-state index in [1.807, 2.05) is 31.9 Å². The third-order valence-electron chi connectivity index (χ3n) is 3.05. The van der Waals surface area contributed by atoms with E-state index in [1.54, 1.807) is 12.1 Å². The molecule has 2 unspecified atom stereocenters. The van der Waals surface area contributed by atoms with Gasteiger partial charge >= 0.3 is 0 Å². The number of benzene rings is 1. The number of hydrogen-bond acceptors (Lipinski definition) is 2. The molecule has 1 aromatic carbocycles. The highest BCUT2D eigenvalue weighted by atomic mass is 19.1. The minimum absolute atomic E-state index is 0.0320. The molecule has 0 amide bonds. The van der Waals surface area contributed by atoms with E-state index in [9.17, 15) is 9.50 Å². The van der Waals surface area contributed by atoms with Crippen molar-refractivity contribution in [1.82, 2.24) is 4.90 Å². The van der Waals surface area contributed by atoms with Gasteiger partial charge in [0.2, 0.25) is 0 Å². The van der Waals surface area contributed by atoms with Gasteiger partial charge in [-0.15, -0.1) is 0 Å². The zero-order chi connectivity index (χ0) is 12.1. The lowest BCUT2D eigenvalue weighted by molar-refractivity contribution is 0.0660. The monoisotopic (exact) mass is 225 g/mol. The molecule has 0 aromatic heterocycles. The van der Waals surface area contributed by atoms with Crippen molar-refractivity contribution < 1.29 is 9.50 Å². The first kappa shape index (κ1) is 13.1. The summed E-state index contributed by atoms with van der Waals surface area (Å²) in [5, 5.41) is 9.71. The summed E-state index contributed by atoms with van der Waals surface area (Å²) in [7, 11) is 1.90. The number of halogens is 1. The fourth-order valence-electron chi connectivity index (χ4n) is 1.67. The molecule has 0 aliphatic rings. The number of hydrogen-bond donors (Lipinski definition) is 1. The van der Waals surface area contributed by atoms with Crippen molar-refractivity contribution in [3.05, 3.63) is 35.6 Å². The van der Waals surface area contributed by atoms with Crippen LogP contribution in [0.3, 0.4) is 0 Å². The summed E-state index contributed by atoms with van der Waals surface area (Å²) >= 11 is 0. The second kappa shape index (κ2) is 5.97. The summed E-state index contributed by atoms with van der Waals surface area (Å²) in [6, 6.07) is 6.78. The van der Waals surface area contributed by atoms with Crippen LogP contribution in [0, 0.1) is 5.82 Å². The Balaban J connectivity index is 2.64. The minimum atomic E-state index is -0.364. The van der Waals surface area contributed by atoms with Gasteiger partial charge in [-0.25, -0.2) is 4.39 Å². The molecular formula is C13H20FNO. The first-order valence-electron chi connectivity index (χ1n) is 5.68. The van der Waals surface area contributed by atoms with E-state index in [0.717, 1.165) is 0 Å². The van der Waals surface area contributed by atoms with E-state index < -0.39 is 0 Å². The fourth-order valence-corrected chi connectivity index (χ4v) is 1.67. The third kappa shape index (κ3) is 3.29. The van der Waals surface area contributed by atoms with E-state index in [2.05, 4.69) is 0 Å². The second-order valence-electron chi connectivity index (χ2n) is 4.22. The number of aliphatic hydroxyl groups is 1. The molecule has 1 rings (SSSR count). The van der Waals surface area contributed by atoms with Crippen molar-refractivity contribution in [1.29, 1.82) is 0 Å². The Labute approximate surface area is 96.7 Å². The Hall–Kier alpha value is -0.930. The molecule has 0 fully saturated rings. The van der Waals surface area contributed by atoms with Crippen LogP contribution in [0.15, 0.2) is 24.3 Å². The molecule has 0 aliphatic carbocycles. The summed E-state index contributed by atoms with van der Waals surface area (Å²) in [5.74, 6) is -0.187. The molecule has 2 nitrogen and oxygen atoms in total. The van der Waals surface area contributed by atoms with Crippen molar-refractivity contribution >= 4 is 0 Å². The summed E-state index contributed by atoms with van der Waals surface area (Å²) < 4.78 is 13.4. The summed E-state index contributed by atoms with van der Waals surface area (Å²) in [6.07, 6.45) is 0.347. The van der Waals surface area contributed by atoms with Gasteiger partial charge in [-0.1, -0.05) is 25.1 Å². The molecule has 90 valence electrons. The third-order valence-corrected chi connectivity index (χ3v) is 3.05. The molecule has 0 spiro atoms. The van der Waals surface area contributed by atoms with Crippen LogP contribution in [0.1, 0.15) is 25.8 Å². The maximum atomic E-state index is 13.4. The predicted molar refractivity (Wildman–Crippen MR) is 63.6 cm³/mol. The molecular weight excluding hydrogens is 205 g/mol. The van der Waals surface area contributed by atoms with Crippen molar-refractivity contribution in [2.45, 2.75) is 39.0 Å². The van der Waals surface area contributed by atoms with Crippen LogP contribution in [-0.2, 0) is 6.54 Å². The Morgan fingerprint density at radius 1 is 1.38 bits per heavy atom. The normalized spacial score (nSPS) is 15.1. The zero-order valence-electron chi connectivity index (χ0n) is 10.2. The molecule has 16 heavy (non-hydrogen) atoms. The predicted octanol–water partition coefficient (Wildman–Crippen LogP) is 2.42. The van der Waals surface area contributed by atoms with Crippen LogP contribution in [0.4, 0.5) is 4.39 Å². The van der Waals surface area contributed by atoms with E-state index in [4.69, 9.17) is 0 Å². The van der Waals surface area contributed by atoms with Gasteiger partial charge in [-0.2, -0.15) is 0 Å². The molecule has 0 radical (unpaired) electrons. The number of rotatable bonds is 5. The molecule has 2 atom stereocenters. The zero-order valence-corrected chi connectivity index (χ0v) is 10.2. The molecule has 0 bridgehead atoms. The quantitative estimate of drug-likeness (QED) is 0.832. The van der Waals surface area contributed by atoms with Gasteiger partial charge < -0.3 is 5.11 Å². The van der Waals surface area contributed by atoms with Gasteiger partial charge in [0.25, 0.3) is 0 Å². The highest BCUT2D eigenvalue weighted by Crippen LogP contribution is 2.13. The highest BCUT2D eigenvalue weighted by molar-refractivity contribution is 5.17. The lowest BCUT2D eigenvalue weighted by atomic mass is 10.1. The van der Waals surface area contributed by atoms with Crippen LogP contribution in [-0.4, -0.2) is 29.2 Å². The number of likely N-dealkylation sites (N-methyl/N-ethyl adjacent to an activating group) is 1. The Morgan fingerprint density at radius 3 is 2.56 bits per heavy atom. The molecule has 0 saturated carbocycles. The van der Waals surface area contributed by atoms with Crippen molar-refractivity contribution in [3.8, 4) is 0 Å². The first-order chi connectivity index (χ1) is 7.56. The van der Waals surface area contributed by atoms with E-state index >= 15 is 0 Å². The Kier molecular flexibility index (Phi) is 4.90. The maximum absolute atomic E-state index is 13.4. The van der Waals surface area contributed by atoms with Crippen LogP contribution < -0.4 is 0 Å². The smallest absolute Gasteiger partial charge is 0.127 e. The van der Waals surface area contributed by atoms with E-state index in [0.29, 0.717) is 18.5 Å². The Bertz CT molecular complexity index is 329. The van der Waals surface area contributed by atoms with Gasteiger partial charge in [0.15, 0.2) is 0 Å². The van der Waals surface area contributed by atoms with Crippen LogP contribution in [0.25, 0.3) is 0 Å². The Morgan fingerprint density at radius 2 is 2.00 bits per heavy atom. The maximum Gasteiger partial charge on any atom is 0.127 e. The average molecular weight is 225 g/mol. The van der Waals surface area contributed by atoms with Crippen molar-refractivity contribution in [2.75, 3.05) is 7.05 Å². The standard InChI is InChI=1S/C13H20FNO/c1-4-13(16)10(2)15(3)9-11-7-5-6-8-12(11)14/h5-8,10,13,16H,4,9H2,1-3H3. The minimum Gasteiger partial charge on any atom is -0.392 e. The van der Waals surface area contributed by atoms with Crippen LogP contribution >= 0.6 is 0 Å². The van der Waals surface area contributed by atoms with Gasteiger partial charge in [0.05, 0.1) is 6.10 Å². The van der Waals surface area contributed by atoms with Crippen LogP contribution in [0.5, 0.6) is 0 Å². The van der Waals surface area contributed by atoms with Crippen molar-refractivity contribution in [2.24, 2.45) is 0 Å². The molecule has 0 saturated heterocycles. The molecule has 1 aromatic rings. The molecule has 0 heterocycles. The molecule has 3 heteroatoms. The largest absolute Gasteiger partial charge is 0.392 e. The average Bonchev–Trinajstić information content (AvgIpc) is 2.30. The topological polar surface area (TPSA) is 23.5 Å². The van der Waals surface area contributed by atoms with Gasteiger partial charge in [-0.05, 0) is 26.5 Å². The molecule has 1 N–H and O–H groups in total. The van der Waals surface area contributed by atoms with E-state index in [-0.39, 0.29) is 18.0 Å². The fraction of sp³-hybridized carbons (Fsp3) is 0.538. The van der Waals surface area contributed by atoms with E-state index in [1.165, 1.54) is 6.07 Å². The highest BCUT2D eigenvalue weighted by Gasteiger charge is 2.17. The van der Waals surface area contributed by atoms with Gasteiger partial charge in [0, 0.05) is 18.2 Å². The number of aliphatic hydroxyl groups excluding tert-OH is 1. The summed E-state index contributed by atoms with van der Waals surface area (Å²) in [6.45, 7) is 4.41. The SMILES string of the molecule is CCC(O)C(C)N(C)Cc1ccccc1F. The molecule has 0 aliphatic heterocycles. The number of nitrogens with zero attached hydrogens (tertiary/aromatic N) is 1. The summed E-state index contributed by atoms with van der Waals surface area (Å²) in [4.78, 5) is 1.96. The van der Waals surface area contributed by atoms with Gasteiger partial charge in [-0.3, -0.25) is 4.90 Å². The second-order valence-corrected chi connectivity index (χ2v) is 4.22. The van der Waals surface area contributed by atoms with Crippen molar-refractivity contribution in [3.63, 3.8) is 0 Å².